The summed E-state index contributed by atoms with van der Waals surface area (Å²) in [5.74, 6) is 2.10. The summed E-state index contributed by atoms with van der Waals surface area (Å²) in [6, 6.07) is 26.4. The van der Waals surface area contributed by atoms with E-state index < -0.39 is 0 Å². The lowest BCUT2D eigenvalue weighted by Gasteiger charge is -2.14. The number of hydrogen-bond donors (Lipinski definition) is 2. The van der Waals surface area contributed by atoms with Gasteiger partial charge in [0.25, 0.3) is 5.91 Å². The first kappa shape index (κ1) is 22.0. The van der Waals surface area contributed by atoms with E-state index >= 15 is 0 Å². The SMILES string of the molecule is Cc1cc(Oc2cc(NNC(=O)c3ccccc3)nc(-c3ccccc3)n2)cc(C(C)C)c1. The highest BCUT2D eigenvalue weighted by Crippen LogP contribution is 2.28. The normalized spacial score (nSPS) is 10.7. The van der Waals surface area contributed by atoms with E-state index in [9.17, 15) is 4.79 Å². The summed E-state index contributed by atoms with van der Waals surface area (Å²) >= 11 is 0. The minimum atomic E-state index is -0.266. The lowest BCUT2D eigenvalue weighted by molar-refractivity contribution is 0.0962. The standard InChI is InChI=1S/C27H26N4O2/c1-18(2)22-14-19(3)15-23(16-22)33-25-17-24(28-26(29-25)20-10-6-4-7-11-20)30-31-27(32)21-12-8-5-9-13-21/h4-18H,1-3H3,(H,31,32)(H,28,29,30). The Morgan fingerprint density at radius 3 is 2.27 bits per heavy atom. The molecule has 1 amide bonds. The lowest BCUT2D eigenvalue weighted by atomic mass is 10.0. The quantitative estimate of drug-likeness (QED) is 0.340. The van der Waals surface area contributed by atoms with Crippen LogP contribution in [0.5, 0.6) is 11.6 Å². The average Bonchev–Trinajstić information content (AvgIpc) is 2.83. The smallest absolute Gasteiger partial charge is 0.269 e. The first-order valence-corrected chi connectivity index (χ1v) is 10.8. The maximum Gasteiger partial charge on any atom is 0.269 e. The molecule has 4 rings (SSSR count). The molecule has 1 heterocycles. The van der Waals surface area contributed by atoms with Gasteiger partial charge in [-0.05, 0) is 48.2 Å². The third-order valence-corrected chi connectivity index (χ3v) is 5.04. The number of anilines is 1. The topological polar surface area (TPSA) is 76.1 Å². The molecule has 0 radical (unpaired) electrons. The van der Waals surface area contributed by atoms with E-state index in [0.29, 0.717) is 34.8 Å². The summed E-state index contributed by atoms with van der Waals surface area (Å²) in [5, 5.41) is 0. The molecule has 0 fully saturated rings. The van der Waals surface area contributed by atoms with Crippen molar-refractivity contribution >= 4 is 11.7 Å². The molecule has 0 atom stereocenters. The van der Waals surface area contributed by atoms with Crippen molar-refractivity contribution in [1.29, 1.82) is 0 Å². The van der Waals surface area contributed by atoms with Crippen molar-refractivity contribution in [2.75, 3.05) is 5.43 Å². The molecule has 0 spiro atoms. The maximum atomic E-state index is 12.4. The molecule has 0 saturated heterocycles. The molecule has 0 saturated carbocycles. The van der Waals surface area contributed by atoms with Gasteiger partial charge in [0.1, 0.15) is 5.75 Å². The summed E-state index contributed by atoms with van der Waals surface area (Å²) in [7, 11) is 0. The van der Waals surface area contributed by atoms with Gasteiger partial charge in [-0.15, -0.1) is 0 Å². The third kappa shape index (κ3) is 5.74. The van der Waals surface area contributed by atoms with Crippen LogP contribution in [0.25, 0.3) is 11.4 Å². The van der Waals surface area contributed by atoms with E-state index in [1.54, 1.807) is 18.2 Å². The van der Waals surface area contributed by atoms with Crippen molar-refractivity contribution in [2.45, 2.75) is 26.7 Å². The Balaban J connectivity index is 1.63. The van der Waals surface area contributed by atoms with Gasteiger partial charge >= 0.3 is 0 Å². The Morgan fingerprint density at radius 2 is 1.58 bits per heavy atom. The van der Waals surface area contributed by atoms with E-state index in [2.05, 4.69) is 40.7 Å². The highest BCUT2D eigenvalue weighted by atomic mass is 16.5. The minimum absolute atomic E-state index is 0.266. The zero-order valence-corrected chi connectivity index (χ0v) is 18.9. The number of nitrogens with zero attached hydrogens (tertiary/aromatic N) is 2. The molecule has 0 bridgehead atoms. The fourth-order valence-corrected chi connectivity index (χ4v) is 3.33. The number of ether oxygens (including phenoxy) is 1. The van der Waals surface area contributed by atoms with Crippen LogP contribution in [0.15, 0.2) is 84.9 Å². The number of nitrogens with one attached hydrogen (secondary N) is 2. The maximum absolute atomic E-state index is 12.4. The average molecular weight is 439 g/mol. The molecule has 166 valence electrons. The molecule has 0 unspecified atom stereocenters. The molecular formula is C27H26N4O2. The number of aromatic nitrogens is 2. The zero-order chi connectivity index (χ0) is 23.2. The van der Waals surface area contributed by atoms with Crippen LogP contribution in [-0.2, 0) is 0 Å². The number of aryl methyl sites for hydroxylation is 1. The van der Waals surface area contributed by atoms with Crippen LogP contribution in [0.4, 0.5) is 5.82 Å². The Kier molecular flexibility index (Phi) is 6.64. The van der Waals surface area contributed by atoms with Crippen molar-refractivity contribution in [3.8, 4) is 23.0 Å². The summed E-state index contributed by atoms with van der Waals surface area (Å²) in [6.45, 7) is 6.34. The van der Waals surface area contributed by atoms with Crippen LogP contribution in [0.2, 0.25) is 0 Å². The van der Waals surface area contributed by atoms with E-state index in [-0.39, 0.29) is 5.91 Å². The van der Waals surface area contributed by atoms with Crippen LogP contribution in [0, 0.1) is 6.92 Å². The summed E-state index contributed by atoms with van der Waals surface area (Å²) < 4.78 is 6.14. The number of carbonyl (C=O) groups is 1. The number of rotatable bonds is 7. The van der Waals surface area contributed by atoms with Crippen LogP contribution in [0.3, 0.4) is 0 Å². The van der Waals surface area contributed by atoms with Gasteiger partial charge in [-0.1, -0.05) is 68.4 Å². The second-order valence-electron chi connectivity index (χ2n) is 8.06. The van der Waals surface area contributed by atoms with Gasteiger partial charge < -0.3 is 4.74 Å². The van der Waals surface area contributed by atoms with Crippen LogP contribution in [-0.4, -0.2) is 15.9 Å². The number of amides is 1. The van der Waals surface area contributed by atoms with Gasteiger partial charge in [0.2, 0.25) is 5.88 Å². The fourth-order valence-electron chi connectivity index (χ4n) is 3.33. The highest BCUT2D eigenvalue weighted by molar-refractivity contribution is 5.94. The van der Waals surface area contributed by atoms with Gasteiger partial charge in [0.05, 0.1) is 0 Å². The van der Waals surface area contributed by atoms with Crippen molar-refractivity contribution in [3.63, 3.8) is 0 Å². The monoisotopic (exact) mass is 438 g/mol. The number of hydrogen-bond acceptors (Lipinski definition) is 5. The van der Waals surface area contributed by atoms with E-state index in [1.807, 2.05) is 67.6 Å². The third-order valence-electron chi connectivity index (χ3n) is 5.04. The second kappa shape index (κ2) is 9.96. The Hall–Kier alpha value is -4.19. The largest absolute Gasteiger partial charge is 0.439 e. The lowest BCUT2D eigenvalue weighted by Crippen LogP contribution is -2.29. The molecule has 6 nitrogen and oxygen atoms in total. The molecular weight excluding hydrogens is 412 g/mol. The molecule has 0 aliphatic carbocycles. The second-order valence-corrected chi connectivity index (χ2v) is 8.06. The number of carbonyl (C=O) groups excluding carboxylic acids is 1. The first-order valence-electron chi connectivity index (χ1n) is 10.8. The Morgan fingerprint density at radius 1 is 0.879 bits per heavy atom. The summed E-state index contributed by atoms with van der Waals surface area (Å²) in [6.07, 6.45) is 0. The fraction of sp³-hybridized carbons (Fsp3) is 0.148. The molecule has 0 aliphatic heterocycles. The van der Waals surface area contributed by atoms with Gasteiger partial charge in [0.15, 0.2) is 11.6 Å². The van der Waals surface area contributed by atoms with Gasteiger partial charge in [-0.3, -0.25) is 15.6 Å². The van der Waals surface area contributed by atoms with Gasteiger partial charge in [0, 0.05) is 17.2 Å². The van der Waals surface area contributed by atoms with Gasteiger partial charge in [-0.25, -0.2) is 4.98 Å². The minimum Gasteiger partial charge on any atom is -0.439 e. The Bertz CT molecular complexity index is 1240. The van der Waals surface area contributed by atoms with Crippen molar-refractivity contribution in [1.82, 2.24) is 15.4 Å². The van der Waals surface area contributed by atoms with Crippen molar-refractivity contribution in [2.24, 2.45) is 0 Å². The first-order chi connectivity index (χ1) is 16.0. The van der Waals surface area contributed by atoms with E-state index in [4.69, 9.17) is 4.74 Å². The predicted octanol–water partition coefficient (Wildman–Crippen LogP) is 6.12. The molecule has 6 heteroatoms. The van der Waals surface area contributed by atoms with E-state index in [1.165, 1.54) is 5.56 Å². The molecule has 33 heavy (non-hydrogen) atoms. The van der Waals surface area contributed by atoms with Crippen molar-refractivity contribution in [3.05, 3.63) is 102 Å². The number of benzene rings is 3. The predicted molar refractivity (Wildman–Crippen MR) is 130 cm³/mol. The Labute approximate surface area is 193 Å². The van der Waals surface area contributed by atoms with Gasteiger partial charge in [-0.2, -0.15) is 4.98 Å². The molecule has 4 aromatic rings. The van der Waals surface area contributed by atoms with Crippen molar-refractivity contribution < 1.29 is 9.53 Å². The summed E-state index contributed by atoms with van der Waals surface area (Å²) in [4.78, 5) is 21.6. The molecule has 3 aromatic carbocycles. The summed E-state index contributed by atoms with van der Waals surface area (Å²) in [5.41, 5.74) is 9.26. The van der Waals surface area contributed by atoms with Crippen LogP contribution >= 0.6 is 0 Å². The highest BCUT2D eigenvalue weighted by Gasteiger charge is 2.12. The zero-order valence-electron chi connectivity index (χ0n) is 18.9. The molecule has 1 aromatic heterocycles. The molecule has 0 aliphatic rings. The number of hydrazine groups is 1. The van der Waals surface area contributed by atoms with Crippen LogP contribution in [0.1, 0.15) is 41.3 Å². The van der Waals surface area contributed by atoms with Crippen LogP contribution < -0.4 is 15.6 Å². The van der Waals surface area contributed by atoms with E-state index in [0.717, 1.165) is 11.1 Å². The molecule has 2 N–H and O–H groups in total.